The second-order valence-electron chi connectivity index (χ2n) is 6.10. The van der Waals surface area contributed by atoms with E-state index in [1.807, 2.05) is 30.3 Å². The number of thiocarbonyl (C=S) groups is 1. The van der Waals surface area contributed by atoms with E-state index in [1.54, 1.807) is 0 Å². The first-order valence-corrected chi connectivity index (χ1v) is 8.53. The van der Waals surface area contributed by atoms with Crippen LogP contribution in [0.2, 0.25) is 0 Å². The van der Waals surface area contributed by atoms with Crippen LogP contribution in [0, 0.1) is 0 Å². The van der Waals surface area contributed by atoms with Gasteiger partial charge in [-0.1, -0.05) is 42.5 Å². The maximum Gasteiger partial charge on any atom is 0.201 e. The van der Waals surface area contributed by atoms with E-state index >= 15 is 0 Å². The number of carbonyl (C=O) groups excluding carboxylic acids is 2. The summed E-state index contributed by atoms with van der Waals surface area (Å²) in [5, 5.41) is 23.4. The number of hydrogen-bond acceptors (Lipinski definition) is 5. The normalized spacial score (nSPS) is 12.3. The lowest BCUT2D eigenvalue weighted by Gasteiger charge is -2.20. The van der Waals surface area contributed by atoms with Gasteiger partial charge in [-0.3, -0.25) is 9.59 Å². The zero-order chi connectivity index (χ0) is 19.1. The molecule has 0 saturated heterocycles. The lowest BCUT2D eigenvalue weighted by Crippen LogP contribution is -2.22. The fourth-order valence-corrected chi connectivity index (χ4v) is 3.37. The topological polar surface area (TPSA) is 86.6 Å². The number of phenols is 2. The number of benzene rings is 3. The molecule has 0 radical (unpaired) electrons. The molecule has 3 aromatic carbocycles. The Balaban J connectivity index is 1.79. The predicted molar refractivity (Wildman–Crippen MR) is 105 cm³/mol. The Hall–Kier alpha value is -3.51. The first-order valence-electron chi connectivity index (χ1n) is 8.12. The van der Waals surface area contributed by atoms with E-state index in [1.165, 1.54) is 30.3 Å². The summed E-state index contributed by atoms with van der Waals surface area (Å²) in [4.78, 5) is 25.9. The van der Waals surface area contributed by atoms with Crippen molar-refractivity contribution in [2.24, 2.45) is 0 Å². The molecule has 0 saturated carbocycles. The van der Waals surface area contributed by atoms with Crippen LogP contribution in [0.15, 0.2) is 60.7 Å². The first kappa shape index (κ1) is 16.9. The highest BCUT2D eigenvalue weighted by Gasteiger charge is 2.34. The molecule has 1 aliphatic rings. The van der Waals surface area contributed by atoms with Crippen LogP contribution in [0.25, 0.3) is 0 Å². The van der Waals surface area contributed by atoms with Crippen molar-refractivity contribution in [2.75, 3.05) is 5.32 Å². The van der Waals surface area contributed by atoms with Gasteiger partial charge in [-0.15, -0.1) is 0 Å². The van der Waals surface area contributed by atoms with Crippen molar-refractivity contribution >= 4 is 34.5 Å². The van der Waals surface area contributed by atoms with Gasteiger partial charge in [0.2, 0.25) is 5.78 Å². The second-order valence-corrected chi connectivity index (χ2v) is 6.50. The van der Waals surface area contributed by atoms with Crippen LogP contribution in [-0.2, 0) is 0 Å². The van der Waals surface area contributed by atoms with E-state index < -0.39 is 11.6 Å². The quantitative estimate of drug-likeness (QED) is 0.464. The summed E-state index contributed by atoms with van der Waals surface area (Å²) < 4.78 is 0. The summed E-state index contributed by atoms with van der Waals surface area (Å²) in [6.45, 7) is 0. The van der Waals surface area contributed by atoms with E-state index in [0.717, 1.165) is 5.69 Å². The van der Waals surface area contributed by atoms with Gasteiger partial charge in [-0.2, -0.15) is 0 Å². The number of phenolic OH excluding ortho intramolecular Hbond substituents is 2. The van der Waals surface area contributed by atoms with Gasteiger partial charge in [-0.05, 0) is 30.3 Å². The molecule has 3 N–H and O–H groups in total. The average Bonchev–Trinajstić information content (AvgIpc) is 2.66. The third-order valence-corrected chi connectivity index (χ3v) is 4.73. The molecule has 27 heavy (non-hydrogen) atoms. The predicted octanol–water partition coefficient (Wildman–Crippen LogP) is 3.66. The Labute approximate surface area is 159 Å². The molecule has 132 valence electrons. The van der Waals surface area contributed by atoms with Crippen molar-refractivity contribution < 1.29 is 19.8 Å². The summed E-state index contributed by atoms with van der Waals surface area (Å²) in [5.74, 6) is -1.69. The zero-order valence-electron chi connectivity index (χ0n) is 13.9. The number of rotatable bonds is 2. The van der Waals surface area contributed by atoms with Crippen LogP contribution in [0.5, 0.6) is 11.5 Å². The number of anilines is 1. The molecule has 6 heteroatoms. The number of hydrogen-bond donors (Lipinski definition) is 3. The van der Waals surface area contributed by atoms with Gasteiger partial charge >= 0.3 is 0 Å². The van der Waals surface area contributed by atoms with Gasteiger partial charge < -0.3 is 15.5 Å². The highest BCUT2D eigenvalue weighted by Crippen LogP contribution is 2.37. The summed E-state index contributed by atoms with van der Waals surface area (Å²) in [5.41, 5.74) is 1.12. The third-order valence-electron chi connectivity index (χ3n) is 4.40. The van der Waals surface area contributed by atoms with Gasteiger partial charge in [-0.25, -0.2) is 0 Å². The Morgan fingerprint density at radius 2 is 1.48 bits per heavy atom. The van der Waals surface area contributed by atoms with Crippen LogP contribution in [0.1, 0.15) is 37.4 Å². The molecule has 3 aromatic rings. The number of aromatic hydroxyl groups is 2. The van der Waals surface area contributed by atoms with Gasteiger partial charge in [0.1, 0.15) is 16.5 Å². The maximum atomic E-state index is 12.9. The van der Waals surface area contributed by atoms with Gasteiger partial charge in [0.25, 0.3) is 0 Å². The molecule has 1 aliphatic carbocycles. The largest absolute Gasteiger partial charge is 0.507 e. The van der Waals surface area contributed by atoms with Crippen molar-refractivity contribution in [2.45, 2.75) is 0 Å². The summed E-state index contributed by atoms with van der Waals surface area (Å²) in [6, 6.07) is 16.4. The molecular formula is C21H13NO4S. The Bertz CT molecular complexity index is 1120. The minimum atomic E-state index is -0.594. The zero-order valence-corrected chi connectivity index (χ0v) is 14.7. The van der Waals surface area contributed by atoms with Crippen LogP contribution >= 0.6 is 12.2 Å². The fraction of sp³-hybridized carbons (Fsp3) is 0. The molecule has 0 atom stereocenters. The average molecular weight is 375 g/mol. The smallest absolute Gasteiger partial charge is 0.201 e. The monoisotopic (exact) mass is 375 g/mol. The maximum absolute atomic E-state index is 12.9. The summed E-state index contributed by atoms with van der Waals surface area (Å²) >= 11 is 5.38. The minimum Gasteiger partial charge on any atom is -0.507 e. The number of para-hydroxylation sites is 1. The minimum absolute atomic E-state index is 0.0605. The van der Waals surface area contributed by atoms with E-state index in [2.05, 4.69) is 5.32 Å². The molecule has 0 fully saturated rings. The van der Waals surface area contributed by atoms with Crippen LogP contribution in [0.4, 0.5) is 5.69 Å². The van der Waals surface area contributed by atoms with Gasteiger partial charge in [0.05, 0.1) is 11.1 Å². The number of fused-ring (bicyclic) bond motifs is 2. The standard InChI is InChI=1S/C21H13NO4S/c23-15-8-4-7-13-17(15)20(26)18-14(19(13)25)9-11(10-16(18)24)21(27)22-12-5-2-1-3-6-12/h1-10,23-24H,(H,22,27). The molecule has 0 bridgehead atoms. The number of nitrogens with one attached hydrogen (secondary N) is 1. The molecule has 0 unspecified atom stereocenters. The molecule has 0 heterocycles. The van der Waals surface area contributed by atoms with E-state index in [-0.39, 0.29) is 33.8 Å². The van der Waals surface area contributed by atoms with Crippen LogP contribution in [-0.4, -0.2) is 26.8 Å². The van der Waals surface area contributed by atoms with Crippen molar-refractivity contribution in [3.63, 3.8) is 0 Å². The lowest BCUT2D eigenvalue weighted by molar-refractivity contribution is 0.0974. The van der Waals surface area contributed by atoms with E-state index in [0.29, 0.717) is 10.6 Å². The van der Waals surface area contributed by atoms with E-state index in [4.69, 9.17) is 12.2 Å². The SMILES string of the molecule is O=C1c2cccc(O)c2C(=O)c2c(O)cc(C(=S)Nc3ccccc3)cc21. The van der Waals surface area contributed by atoms with Gasteiger partial charge in [0, 0.05) is 22.4 Å². The molecule has 0 aromatic heterocycles. The summed E-state index contributed by atoms with van der Waals surface area (Å²) in [7, 11) is 0. The van der Waals surface area contributed by atoms with E-state index in [9.17, 15) is 19.8 Å². The number of ketones is 2. The first-order chi connectivity index (χ1) is 13.0. The third kappa shape index (κ3) is 2.76. The molecule has 5 nitrogen and oxygen atoms in total. The fourth-order valence-electron chi connectivity index (χ4n) is 3.14. The molecule has 4 rings (SSSR count). The highest BCUT2D eigenvalue weighted by molar-refractivity contribution is 7.81. The Kier molecular flexibility index (Phi) is 3.97. The Morgan fingerprint density at radius 1 is 0.778 bits per heavy atom. The molecule has 0 aliphatic heterocycles. The molecule has 0 spiro atoms. The van der Waals surface area contributed by atoms with Crippen LogP contribution in [0.3, 0.4) is 0 Å². The van der Waals surface area contributed by atoms with Crippen molar-refractivity contribution in [1.82, 2.24) is 0 Å². The lowest BCUT2D eigenvalue weighted by atomic mass is 9.82. The molecule has 0 amide bonds. The molecular weight excluding hydrogens is 362 g/mol. The highest BCUT2D eigenvalue weighted by atomic mass is 32.1. The second kappa shape index (κ2) is 6.34. The number of carbonyl (C=O) groups is 2. The van der Waals surface area contributed by atoms with Crippen molar-refractivity contribution in [3.05, 3.63) is 88.5 Å². The Morgan fingerprint density at radius 3 is 2.22 bits per heavy atom. The van der Waals surface area contributed by atoms with Crippen molar-refractivity contribution in [3.8, 4) is 11.5 Å². The van der Waals surface area contributed by atoms with Gasteiger partial charge in [0.15, 0.2) is 5.78 Å². The van der Waals surface area contributed by atoms with Crippen molar-refractivity contribution in [1.29, 1.82) is 0 Å². The summed E-state index contributed by atoms with van der Waals surface area (Å²) in [6.07, 6.45) is 0. The van der Waals surface area contributed by atoms with Crippen LogP contribution < -0.4 is 5.32 Å².